The van der Waals surface area contributed by atoms with Crippen molar-refractivity contribution >= 4 is 0 Å². The van der Waals surface area contributed by atoms with Crippen LogP contribution in [-0.2, 0) is 6.42 Å². The molecule has 1 aromatic rings. The maximum atomic E-state index is 2.32. The predicted molar refractivity (Wildman–Crippen MR) is 67.1 cm³/mol. The van der Waals surface area contributed by atoms with Crippen molar-refractivity contribution in [3.63, 3.8) is 0 Å². The molecule has 0 bridgehead atoms. The van der Waals surface area contributed by atoms with Crippen molar-refractivity contribution in [2.45, 2.75) is 26.7 Å². The Balaban J connectivity index is 0.000000162. The molecule has 2 rings (SSSR count). The summed E-state index contributed by atoms with van der Waals surface area (Å²) in [6.45, 7) is 7.09. The molecule has 1 saturated heterocycles. The van der Waals surface area contributed by atoms with Crippen molar-refractivity contribution in [3.05, 3.63) is 35.9 Å². The predicted octanol–water partition coefficient (Wildman–Crippen LogP) is 3.21. The largest absolute Gasteiger partial charge is 0.306 e. The normalized spacial score (nSPS) is 16.5. The Labute approximate surface area is 94.1 Å². The summed E-state index contributed by atoms with van der Waals surface area (Å²) >= 11 is 0. The Kier molecular flexibility index (Phi) is 5.41. The first-order chi connectivity index (χ1) is 7.22. The molecule has 1 heteroatoms. The molecule has 1 nitrogen and oxygen atoms in total. The molecule has 1 heterocycles. The smallest absolute Gasteiger partial charge is 0.00163 e. The van der Waals surface area contributed by atoms with Gasteiger partial charge in [-0.1, -0.05) is 50.6 Å². The van der Waals surface area contributed by atoms with Crippen molar-refractivity contribution in [1.82, 2.24) is 4.90 Å². The van der Waals surface area contributed by atoms with Crippen LogP contribution in [0.4, 0.5) is 0 Å². The number of nitrogens with zero attached hydrogens (tertiary/aromatic N) is 1. The SMILES string of the molecule is CC1CN(C)C1.CCCc1ccccc1. The van der Waals surface area contributed by atoms with Crippen molar-refractivity contribution in [1.29, 1.82) is 0 Å². The van der Waals surface area contributed by atoms with E-state index in [1.807, 2.05) is 0 Å². The summed E-state index contributed by atoms with van der Waals surface area (Å²) < 4.78 is 0. The third kappa shape index (κ3) is 4.98. The number of benzene rings is 1. The van der Waals surface area contributed by atoms with Crippen LogP contribution in [0.15, 0.2) is 30.3 Å². The van der Waals surface area contributed by atoms with E-state index in [2.05, 4.69) is 56.1 Å². The molecule has 0 saturated carbocycles. The van der Waals surface area contributed by atoms with Crippen LogP contribution in [-0.4, -0.2) is 25.0 Å². The molecular weight excluding hydrogens is 182 g/mol. The van der Waals surface area contributed by atoms with Crippen LogP contribution in [0.25, 0.3) is 0 Å². The molecule has 0 spiro atoms. The van der Waals surface area contributed by atoms with E-state index >= 15 is 0 Å². The lowest BCUT2D eigenvalue weighted by molar-refractivity contribution is 0.149. The third-order valence-electron chi connectivity index (χ3n) is 2.63. The van der Waals surface area contributed by atoms with Crippen LogP contribution in [0.2, 0.25) is 0 Å². The molecule has 1 fully saturated rings. The summed E-state index contributed by atoms with van der Waals surface area (Å²) in [6, 6.07) is 10.6. The minimum Gasteiger partial charge on any atom is -0.306 e. The van der Waals surface area contributed by atoms with Crippen molar-refractivity contribution in [3.8, 4) is 0 Å². The van der Waals surface area contributed by atoms with Gasteiger partial charge in [-0.15, -0.1) is 0 Å². The Bertz CT molecular complexity index is 243. The zero-order valence-electron chi connectivity index (χ0n) is 10.2. The van der Waals surface area contributed by atoms with E-state index in [9.17, 15) is 0 Å². The van der Waals surface area contributed by atoms with Gasteiger partial charge in [0.1, 0.15) is 0 Å². The summed E-state index contributed by atoms with van der Waals surface area (Å²) in [5, 5.41) is 0. The van der Waals surface area contributed by atoms with E-state index in [-0.39, 0.29) is 0 Å². The van der Waals surface area contributed by atoms with E-state index in [1.54, 1.807) is 0 Å². The molecular formula is C14H23N. The van der Waals surface area contributed by atoms with Crippen molar-refractivity contribution < 1.29 is 0 Å². The number of hydrogen-bond acceptors (Lipinski definition) is 1. The van der Waals surface area contributed by atoms with Crippen LogP contribution in [0, 0.1) is 5.92 Å². The summed E-state index contributed by atoms with van der Waals surface area (Å²) in [5.74, 6) is 0.968. The summed E-state index contributed by atoms with van der Waals surface area (Å²) in [7, 11) is 2.15. The highest BCUT2D eigenvalue weighted by molar-refractivity contribution is 5.14. The van der Waals surface area contributed by atoms with Crippen molar-refractivity contribution in [2.24, 2.45) is 5.92 Å². The van der Waals surface area contributed by atoms with Gasteiger partial charge in [-0.05, 0) is 24.9 Å². The first-order valence-corrected chi connectivity index (χ1v) is 5.94. The maximum Gasteiger partial charge on any atom is 0.00163 e. The molecule has 0 amide bonds. The fourth-order valence-electron chi connectivity index (χ4n) is 1.94. The zero-order chi connectivity index (χ0) is 11.1. The van der Waals surface area contributed by atoms with Crippen LogP contribution < -0.4 is 0 Å². The lowest BCUT2D eigenvalue weighted by Crippen LogP contribution is -2.41. The fourth-order valence-corrected chi connectivity index (χ4v) is 1.94. The summed E-state index contributed by atoms with van der Waals surface area (Å²) in [6.07, 6.45) is 2.45. The molecule has 1 aliphatic heterocycles. The van der Waals surface area contributed by atoms with Gasteiger partial charge in [0.2, 0.25) is 0 Å². The monoisotopic (exact) mass is 205 g/mol. The van der Waals surface area contributed by atoms with Crippen molar-refractivity contribution in [2.75, 3.05) is 20.1 Å². The van der Waals surface area contributed by atoms with E-state index in [1.165, 1.54) is 31.5 Å². The number of likely N-dealkylation sites (tertiary alicyclic amines) is 1. The lowest BCUT2D eigenvalue weighted by Gasteiger charge is -2.33. The van der Waals surface area contributed by atoms with Gasteiger partial charge in [0.05, 0.1) is 0 Å². The molecule has 1 aliphatic rings. The molecule has 0 unspecified atom stereocenters. The van der Waals surface area contributed by atoms with E-state index in [4.69, 9.17) is 0 Å². The van der Waals surface area contributed by atoms with Gasteiger partial charge in [-0.25, -0.2) is 0 Å². The fraction of sp³-hybridized carbons (Fsp3) is 0.571. The topological polar surface area (TPSA) is 3.24 Å². The van der Waals surface area contributed by atoms with E-state index in [0.717, 1.165) is 5.92 Å². The van der Waals surface area contributed by atoms with Gasteiger partial charge in [0.25, 0.3) is 0 Å². The van der Waals surface area contributed by atoms with E-state index in [0.29, 0.717) is 0 Å². The number of rotatable bonds is 2. The molecule has 0 aliphatic carbocycles. The zero-order valence-corrected chi connectivity index (χ0v) is 10.2. The Morgan fingerprint density at radius 1 is 1.20 bits per heavy atom. The lowest BCUT2D eigenvalue weighted by atomic mass is 10.1. The first-order valence-electron chi connectivity index (χ1n) is 5.94. The quantitative estimate of drug-likeness (QED) is 0.716. The average Bonchev–Trinajstić information content (AvgIpc) is 2.19. The average molecular weight is 205 g/mol. The van der Waals surface area contributed by atoms with Gasteiger partial charge in [0, 0.05) is 13.1 Å². The van der Waals surface area contributed by atoms with Crippen LogP contribution in [0.3, 0.4) is 0 Å². The number of aryl methyl sites for hydroxylation is 1. The minimum atomic E-state index is 0.968. The molecule has 0 atom stereocenters. The van der Waals surface area contributed by atoms with E-state index < -0.39 is 0 Å². The summed E-state index contributed by atoms with van der Waals surface area (Å²) in [4.78, 5) is 2.32. The Hall–Kier alpha value is -0.820. The highest BCUT2D eigenvalue weighted by Gasteiger charge is 2.16. The third-order valence-corrected chi connectivity index (χ3v) is 2.63. The molecule has 0 radical (unpaired) electrons. The maximum absolute atomic E-state index is 2.32. The standard InChI is InChI=1S/C9H12.C5H11N/c1-2-6-9-7-4-3-5-8-9;1-5-3-6(2)4-5/h3-5,7-8H,2,6H2,1H3;5H,3-4H2,1-2H3. The summed E-state index contributed by atoms with van der Waals surface area (Å²) in [5.41, 5.74) is 1.44. The van der Waals surface area contributed by atoms with Crippen LogP contribution in [0.1, 0.15) is 25.8 Å². The van der Waals surface area contributed by atoms with Gasteiger partial charge in [-0.3, -0.25) is 0 Å². The second kappa shape index (κ2) is 6.62. The highest BCUT2D eigenvalue weighted by atomic mass is 15.2. The number of hydrogen-bond donors (Lipinski definition) is 0. The van der Waals surface area contributed by atoms with Gasteiger partial charge >= 0.3 is 0 Å². The first kappa shape index (κ1) is 12.3. The van der Waals surface area contributed by atoms with Gasteiger partial charge < -0.3 is 4.90 Å². The van der Waals surface area contributed by atoms with Gasteiger partial charge in [-0.2, -0.15) is 0 Å². The molecule has 15 heavy (non-hydrogen) atoms. The molecule has 84 valence electrons. The van der Waals surface area contributed by atoms with Gasteiger partial charge in [0.15, 0.2) is 0 Å². The van der Waals surface area contributed by atoms with Crippen LogP contribution >= 0.6 is 0 Å². The Morgan fingerprint density at radius 3 is 2.13 bits per heavy atom. The minimum absolute atomic E-state index is 0.968. The Morgan fingerprint density at radius 2 is 1.80 bits per heavy atom. The second-order valence-electron chi connectivity index (χ2n) is 4.56. The second-order valence-corrected chi connectivity index (χ2v) is 4.56. The van der Waals surface area contributed by atoms with Crippen LogP contribution in [0.5, 0.6) is 0 Å². The molecule has 0 aromatic heterocycles. The highest BCUT2D eigenvalue weighted by Crippen LogP contribution is 2.09. The molecule has 0 N–H and O–H groups in total. The molecule has 1 aromatic carbocycles.